The quantitative estimate of drug-likeness (QED) is 0.0441. The van der Waals surface area contributed by atoms with Crippen LogP contribution < -0.4 is 14.6 Å². The van der Waals surface area contributed by atoms with Gasteiger partial charge in [0.2, 0.25) is 0 Å². The summed E-state index contributed by atoms with van der Waals surface area (Å²) >= 11 is 0. The van der Waals surface area contributed by atoms with Gasteiger partial charge in [0.05, 0.1) is 4.90 Å². The number of hydrogen-bond donors (Lipinski definition) is 2. The van der Waals surface area contributed by atoms with Crippen molar-refractivity contribution in [3.8, 4) is 34.5 Å². The summed E-state index contributed by atoms with van der Waals surface area (Å²) in [6.07, 6.45) is 18.8. The van der Waals surface area contributed by atoms with Gasteiger partial charge in [0.1, 0.15) is 43.8 Å². The zero-order chi connectivity index (χ0) is 39.4. The molecule has 0 amide bonds. The molecule has 4 aromatic rings. The van der Waals surface area contributed by atoms with Crippen LogP contribution in [0.1, 0.15) is 115 Å². The molecule has 0 saturated heterocycles. The molecule has 0 aliphatic heterocycles. The van der Waals surface area contributed by atoms with E-state index in [0.29, 0.717) is 11.5 Å². The Kier molecular flexibility index (Phi) is 22.3. The van der Waals surface area contributed by atoms with E-state index < -0.39 is 41.5 Å². The Bertz CT molecular complexity index is 1810. The first-order valence-electron chi connectivity index (χ1n) is 18.9. The number of rotatable bonds is 22. The van der Waals surface area contributed by atoms with Gasteiger partial charge < -0.3 is 24.2 Å². The second kappa shape index (κ2) is 25.4. The molecule has 0 saturated carbocycles. The van der Waals surface area contributed by atoms with Crippen LogP contribution in [0, 0.1) is 0 Å². The normalized spacial score (nSPS) is 11.3. The van der Waals surface area contributed by atoms with Crippen LogP contribution in [0.15, 0.2) is 94.7 Å². The Morgan fingerprint density at radius 1 is 0.564 bits per heavy atom. The first-order chi connectivity index (χ1) is 25.8. The molecular formula is C42H54CaO10S2. The van der Waals surface area contributed by atoms with Gasteiger partial charge in [-0.25, -0.2) is 8.42 Å². The molecule has 296 valence electrons. The van der Waals surface area contributed by atoms with Gasteiger partial charge in [0.15, 0.2) is 0 Å². The Morgan fingerprint density at radius 3 is 1.40 bits per heavy atom. The van der Waals surface area contributed by atoms with Crippen molar-refractivity contribution in [2.75, 3.05) is 0 Å². The number of ether oxygens (including phenoxy) is 2. The second-order valence-corrected chi connectivity index (χ2v) is 16.1. The van der Waals surface area contributed by atoms with Crippen LogP contribution in [0.2, 0.25) is 0 Å². The van der Waals surface area contributed by atoms with Gasteiger partial charge in [-0.2, -0.15) is 8.42 Å². The van der Waals surface area contributed by atoms with Gasteiger partial charge in [-0.15, -0.1) is 0 Å². The molecule has 0 aromatic heterocycles. The molecule has 0 bridgehead atoms. The van der Waals surface area contributed by atoms with E-state index in [4.69, 9.17) is 9.47 Å². The molecule has 2 N–H and O–H groups in total. The fourth-order valence-corrected chi connectivity index (χ4v) is 7.10. The van der Waals surface area contributed by atoms with Crippen LogP contribution in [0.4, 0.5) is 0 Å². The monoisotopic (exact) mass is 822 g/mol. The van der Waals surface area contributed by atoms with Gasteiger partial charge in [-0.1, -0.05) is 139 Å². The van der Waals surface area contributed by atoms with E-state index in [0.717, 1.165) is 61.4 Å². The fraction of sp³-hybridized carbons (Fsp3) is 0.429. The molecular weight excluding hydrogens is 769 g/mol. The van der Waals surface area contributed by atoms with Crippen LogP contribution in [-0.2, 0) is 33.1 Å². The first-order valence-corrected chi connectivity index (χ1v) is 21.8. The van der Waals surface area contributed by atoms with Crippen LogP contribution >= 0.6 is 0 Å². The summed E-state index contributed by atoms with van der Waals surface area (Å²) in [5, 5.41) is 21.2. The van der Waals surface area contributed by atoms with Crippen molar-refractivity contribution in [2.45, 2.75) is 126 Å². The number of aryl methyl sites for hydroxylation is 2. The van der Waals surface area contributed by atoms with Crippen molar-refractivity contribution in [3.63, 3.8) is 0 Å². The molecule has 0 spiro atoms. The van der Waals surface area contributed by atoms with E-state index in [9.17, 15) is 36.2 Å². The largest absolute Gasteiger partial charge is 2.00 e. The molecule has 0 heterocycles. The molecule has 0 fully saturated rings. The summed E-state index contributed by atoms with van der Waals surface area (Å²) < 4.78 is 77.0. The molecule has 13 heteroatoms. The third kappa shape index (κ3) is 17.9. The van der Waals surface area contributed by atoms with Crippen LogP contribution in [0.25, 0.3) is 0 Å². The van der Waals surface area contributed by atoms with E-state index in [1.165, 1.54) is 88.8 Å². The fourth-order valence-electron chi connectivity index (χ4n) is 5.93. The number of benzene rings is 4. The number of phenols is 1. The Balaban J connectivity index is 0.000000373. The standard InChI is InChI=1S/2C21H28O5S.Ca/c2*1-2-3-4-5-6-7-8-11-17-12-9-10-13-20(17)26-18-14-15-19(22)21(16-18)27(23,24)25;/h2*9-10,12-16,22H,2-8,11H2,1H3,(H,23,24,25);/q;;+2/p-2. The topological polar surface area (TPSA) is 173 Å². The average molecular weight is 823 g/mol. The first kappa shape index (κ1) is 48.3. The number of phenolic OH excluding ortho intramolecular Hbond substituents is 1. The molecule has 4 aromatic carbocycles. The third-order valence-corrected chi connectivity index (χ3v) is 10.6. The Morgan fingerprint density at radius 2 is 0.964 bits per heavy atom. The maximum absolute atomic E-state index is 11.6. The summed E-state index contributed by atoms with van der Waals surface area (Å²) in [6, 6.07) is 22.3. The Hall–Kier alpha value is -2.84. The number of para-hydroxylation sites is 2. The second-order valence-electron chi connectivity index (χ2n) is 13.3. The zero-order valence-electron chi connectivity index (χ0n) is 32.1. The zero-order valence-corrected chi connectivity index (χ0v) is 35.9. The van der Waals surface area contributed by atoms with Gasteiger partial charge in [0, 0.05) is 6.07 Å². The summed E-state index contributed by atoms with van der Waals surface area (Å²) in [4.78, 5) is -1.35. The maximum Gasteiger partial charge on any atom is 2.00 e. The van der Waals surface area contributed by atoms with Crippen molar-refractivity contribution in [1.29, 1.82) is 0 Å². The van der Waals surface area contributed by atoms with E-state index in [1.54, 1.807) is 6.07 Å². The van der Waals surface area contributed by atoms with Gasteiger partial charge in [-0.3, -0.25) is 4.55 Å². The molecule has 0 aliphatic carbocycles. The number of hydrogen-bond acceptors (Lipinski definition) is 9. The molecule has 0 radical (unpaired) electrons. The van der Waals surface area contributed by atoms with Gasteiger partial charge in [-0.05, 0) is 73.2 Å². The molecule has 0 aliphatic rings. The van der Waals surface area contributed by atoms with Crippen molar-refractivity contribution in [3.05, 3.63) is 96.1 Å². The summed E-state index contributed by atoms with van der Waals surface area (Å²) in [5.74, 6) is 0.324. The van der Waals surface area contributed by atoms with Crippen LogP contribution in [0.3, 0.4) is 0 Å². The van der Waals surface area contributed by atoms with E-state index in [2.05, 4.69) is 13.8 Å². The molecule has 0 unspecified atom stereocenters. The minimum absolute atomic E-state index is 0. The van der Waals surface area contributed by atoms with Gasteiger partial charge in [0.25, 0.3) is 10.1 Å². The van der Waals surface area contributed by atoms with Gasteiger partial charge >= 0.3 is 37.7 Å². The molecule has 10 nitrogen and oxygen atoms in total. The SMILES string of the molecule is CCCCCCCCCc1ccccc1Oc1ccc(O)c(S(=O)(=O)O)c1.CCCCCCCCCc1ccccc1Oc1ccc([O-])c(S(=O)(=O)[O-])c1.[Ca+2]. The van der Waals surface area contributed by atoms with Crippen LogP contribution in [0.5, 0.6) is 34.5 Å². The molecule has 0 atom stereocenters. The molecule has 4 rings (SSSR count). The average Bonchev–Trinajstić information content (AvgIpc) is 3.13. The van der Waals surface area contributed by atoms with E-state index >= 15 is 0 Å². The van der Waals surface area contributed by atoms with Crippen molar-refractivity contribution in [1.82, 2.24) is 0 Å². The minimum Gasteiger partial charge on any atom is -0.872 e. The predicted octanol–water partition coefficient (Wildman–Crippen LogP) is 10.1. The van der Waals surface area contributed by atoms with E-state index in [-0.39, 0.29) is 49.2 Å². The minimum atomic E-state index is -4.83. The maximum atomic E-state index is 11.6. The molecule has 55 heavy (non-hydrogen) atoms. The van der Waals surface area contributed by atoms with Crippen LogP contribution in [-0.4, -0.2) is 68.8 Å². The Labute approximate surface area is 357 Å². The van der Waals surface area contributed by atoms with Crippen molar-refractivity contribution in [2.24, 2.45) is 0 Å². The summed E-state index contributed by atoms with van der Waals surface area (Å²) in [7, 11) is -9.34. The summed E-state index contributed by atoms with van der Waals surface area (Å²) in [6.45, 7) is 4.42. The van der Waals surface area contributed by atoms with Crippen molar-refractivity contribution < 1.29 is 45.6 Å². The van der Waals surface area contributed by atoms with E-state index in [1.807, 2.05) is 42.5 Å². The smallest absolute Gasteiger partial charge is 0.872 e. The predicted molar refractivity (Wildman–Crippen MR) is 214 cm³/mol. The number of aromatic hydroxyl groups is 1. The third-order valence-electron chi connectivity index (χ3n) is 8.89. The number of unbranched alkanes of at least 4 members (excludes halogenated alkanes) is 12. The van der Waals surface area contributed by atoms with Crippen molar-refractivity contribution >= 4 is 58.0 Å². The summed E-state index contributed by atoms with van der Waals surface area (Å²) in [5.41, 5.74) is 2.07.